The summed E-state index contributed by atoms with van der Waals surface area (Å²) in [6, 6.07) is 0. The third-order valence-electron chi connectivity index (χ3n) is 3.31. The Labute approximate surface area is 96.6 Å². The molecule has 0 aromatic carbocycles. The van der Waals surface area contributed by atoms with Crippen molar-refractivity contribution in [3.05, 3.63) is 11.1 Å². The predicted molar refractivity (Wildman–Crippen MR) is 45.3 cm³/mol. The molecule has 0 saturated heterocycles. The Bertz CT molecular complexity index is 332. The highest BCUT2D eigenvalue weighted by molar-refractivity contribution is 5.30. The van der Waals surface area contributed by atoms with Crippen molar-refractivity contribution >= 4 is 0 Å². The van der Waals surface area contributed by atoms with E-state index in [2.05, 4.69) is 0 Å². The molecule has 0 heterocycles. The highest BCUT2D eigenvalue weighted by atomic mass is 19.3. The maximum absolute atomic E-state index is 13.0. The van der Waals surface area contributed by atoms with Gasteiger partial charge in [-0.25, -0.2) is 0 Å². The molecular weight excluding hydrogens is 272 g/mol. The lowest BCUT2D eigenvalue weighted by Crippen LogP contribution is -2.50. The molecule has 0 N–H and O–H groups in total. The summed E-state index contributed by atoms with van der Waals surface area (Å²) in [5, 5.41) is 0. The van der Waals surface area contributed by atoms with E-state index in [4.69, 9.17) is 0 Å². The fourth-order valence-electron chi connectivity index (χ4n) is 2.21. The Morgan fingerprint density at radius 1 is 0.444 bits per heavy atom. The van der Waals surface area contributed by atoms with Crippen LogP contribution in [0.1, 0.15) is 25.7 Å². The first-order valence-electron chi connectivity index (χ1n) is 5.09. The second kappa shape index (κ2) is 3.39. The number of hydrogen-bond donors (Lipinski definition) is 0. The van der Waals surface area contributed by atoms with E-state index in [1.165, 1.54) is 0 Å². The van der Waals surface area contributed by atoms with Gasteiger partial charge in [0.25, 0.3) is 0 Å². The lowest BCUT2D eigenvalue weighted by molar-refractivity contribution is -0.235. The van der Waals surface area contributed by atoms with Crippen LogP contribution in [0.25, 0.3) is 0 Å². The molecule has 0 atom stereocenters. The van der Waals surface area contributed by atoms with E-state index in [1.54, 1.807) is 0 Å². The maximum Gasteiger partial charge on any atom is 0.314 e. The van der Waals surface area contributed by atoms with E-state index >= 15 is 0 Å². The zero-order chi connectivity index (χ0) is 14.0. The molecule has 0 spiro atoms. The van der Waals surface area contributed by atoms with Crippen LogP contribution in [0.2, 0.25) is 0 Å². The zero-order valence-electron chi connectivity index (χ0n) is 8.85. The first kappa shape index (κ1) is 13.6. The molecule has 2 aliphatic carbocycles. The summed E-state index contributed by atoms with van der Waals surface area (Å²) in [7, 11) is 0. The van der Waals surface area contributed by atoms with E-state index in [0.29, 0.717) is 0 Å². The van der Waals surface area contributed by atoms with E-state index in [0.717, 1.165) is 0 Å². The van der Waals surface area contributed by atoms with Crippen LogP contribution in [0.15, 0.2) is 11.1 Å². The minimum atomic E-state index is -4.46. The normalized spacial score (nSPS) is 32.0. The van der Waals surface area contributed by atoms with Crippen LogP contribution in [-0.2, 0) is 0 Å². The molecule has 8 heteroatoms. The fraction of sp³-hybridized carbons (Fsp3) is 0.800. The smallest absolute Gasteiger partial charge is 0.200 e. The van der Waals surface area contributed by atoms with E-state index in [-0.39, 0.29) is 0 Å². The third kappa shape index (κ3) is 1.80. The number of halogens is 8. The van der Waals surface area contributed by atoms with Gasteiger partial charge in [0.15, 0.2) is 0 Å². The first-order chi connectivity index (χ1) is 7.88. The molecule has 0 radical (unpaired) electrons. The third-order valence-corrected chi connectivity index (χ3v) is 3.31. The average molecular weight is 280 g/mol. The lowest BCUT2D eigenvalue weighted by Gasteiger charge is -2.41. The minimum absolute atomic E-state index is 0.665. The second-order valence-electron chi connectivity index (χ2n) is 4.73. The molecule has 2 rings (SSSR count). The molecule has 104 valence electrons. The van der Waals surface area contributed by atoms with Gasteiger partial charge in [-0.05, 0) is 0 Å². The van der Waals surface area contributed by atoms with Crippen molar-refractivity contribution in [1.82, 2.24) is 0 Å². The van der Waals surface area contributed by atoms with Crippen molar-refractivity contribution < 1.29 is 35.1 Å². The molecule has 18 heavy (non-hydrogen) atoms. The predicted octanol–water partition coefficient (Wildman–Crippen LogP) is 4.41. The molecule has 0 aromatic rings. The van der Waals surface area contributed by atoms with Gasteiger partial charge in [-0.1, -0.05) is 11.1 Å². The first-order valence-corrected chi connectivity index (χ1v) is 5.09. The number of alkyl halides is 8. The highest BCUT2D eigenvalue weighted by Gasteiger charge is 2.65. The van der Waals surface area contributed by atoms with Crippen LogP contribution < -0.4 is 0 Å². The van der Waals surface area contributed by atoms with Crippen LogP contribution in [0.3, 0.4) is 0 Å². The Morgan fingerprint density at radius 2 is 0.611 bits per heavy atom. The summed E-state index contributed by atoms with van der Waals surface area (Å²) in [4.78, 5) is 0. The SMILES string of the molecule is FC1(F)CC2=C(CC1(F)F)CC(F)(F)C(F)(F)C2. The van der Waals surface area contributed by atoms with Gasteiger partial charge in [0, 0.05) is 25.7 Å². The average Bonchev–Trinajstić information content (AvgIpc) is 2.09. The van der Waals surface area contributed by atoms with Gasteiger partial charge in [0.2, 0.25) is 0 Å². The van der Waals surface area contributed by atoms with Gasteiger partial charge >= 0.3 is 23.7 Å². The maximum atomic E-state index is 13.0. The molecule has 0 fully saturated rings. The lowest BCUT2D eigenvalue weighted by atomic mass is 9.76. The molecule has 0 unspecified atom stereocenters. The summed E-state index contributed by atoms with van der Waals surface area (Å²) in [5.41, 5.74) is -1.33. The van der Waals surface area contributed by atoms with Gasteiger partial charge in [0.1, 0.15) is 0 Å². The Hall–Kier alpha value is -0.820. The van der Waals surface area contributed by atoms with Crippen LogP contribution in [-0.4, -0.2) is 23.7 Å². The zero-order valence-corrected chi connectivity index (χ0v) is 8.85. The van der Waals surface area contributed by atoms with Crippen molar-refractivity contribution in [3.8, 4) is 0 Å². The van der Waals surface area contributed by atoms with Crippen LogP contribution in [0.5, 0.6) is 0 Å². The van der Waals surface area contributed by atoms with Crippen molar-refractivity contribution in [3.63, 3.8) is 0 Å². The standard InChI is InChI=1S/C10H8F8/c11-7(12)1-5-2-9(15,16)10(17,18)4-6(5)3-8(7,13)14/h1-4H2. The molecule has 2 aliphatic rings. The Balaban J connectivity index is 2.39. The quantitative estimate of drug-likeness (QED) is 0.455. The van der Waals surface area contributed by atoms with E-state index < -0.39 is 60.5 Å². The molecule has 0 aromatic heterocycles. The number of rotatable bonds is 0. The molecule has 0 aliphatic heterocycles. The van der Waals surface area contributed by atoms with Gasteiger partial charge in [0.05, 0.1) is 0 Å². The molecule has 0 saturated carbocycles. The van der Waals surface area contributed by atoms with Crippen molar-refractivity contribution in [2.45, 2.75) is 49.4 Å². The van der Waals surface area contributed by atoms with Crippen LogP contribution in [0.4, 0.5) is 35.1 Å². The van der Waals surface area contributed by atoms with Crippen molar-refractivity contribution in [2.75, 3.05) is 0 Å². The summed E-state index contributed by atoms with van der Waals surface area (Å²) in [6.45, 7) is 0. The van der Waals surface area contributed by atoms with E-state index in [9.17, 15) is 35.1 Å². The van der Waals surface area contributed by atoms with E-state index in [1.807, 2.05) is 0 Å². The van der Waals surface area contributed by atoms with Gasteiger partial charge in [-0.3, -0.25) is 0 Å². The summed E-state index contributed by atoms with van der Waals surface area (Å²) in [6.07, 6.45) is -6.33. The molecule has 0 nitrogen and oxygen atoms in total. The summed E-state index contributed by atoms with van der Waals surface area (Å²) in [5.74, 6) is -17.9. The van der Waals surface area contributed by atoms with Crippen LogP contribution >= 0.6 is 0 Å². The van der Waals surface area contributed by atoms with Crippen molar-refractivity contribution in [2.24, 2.45) is 0 Å². The topological polar surface area (TPSA) is 0 Å². The van der Waals surface area contributed by atoms with Gasteiger partial charge in [-0.2, -0.15) is 35.1 Å². The monoisotopic (exact) mass is 280 g/mol. The summed E-state index contributed by atoms with van der Waals surface area (Å²) < 4.78 is 104. The number of hydrogen-bond acceptors (Lipinski definition) is 0. The molecule has 0 bridgehead atoms. The van der Waals surface area contributed by atoms with Crippen molar-refractivity contribution in [1.29, 1.82) is 0 Å². The van der Waals surface area contributed by atoms with Gasteiger partial charge in [-0.15, -0.1) is 0 Å². The molecular formula is C10H8F8. The minimum Gasteiger partial charge on any atom is -0.200 e. The summed E-state index contributed by atoms with van der Waals surface area (Å²) >= 11 is 0. The Kier molecular flexibility index (Phi) is 2.56. The van der Waals surface area contributed by atoms with Gasteiger partial charge < -0.3 is 0 Å². The van der Waals surface area contributed by atoms with Crippen LogP contribution in [0, 0.1) is 0 Å². The largest absolute Gasteiger partial charge is 0.314 e. The Morgan fingerprint density at radius 3 is 0.778 bits per heavy atom. The highest BCUT2D eigenvalue weighted by Crippen LogP contribution is 2.56. The molecule has 0 amide bonds. The fourth-order valence-corrected chi connectivity index (χ4v) is 2.21. The second-order valence-corrected chi connectivity index (χ2v) is 4.73. The number of allylic oxidation sites excluding steroid dienone is 2.